The lowest BCUT2D eigenvalue weighted by molar-refractivity contribution is 0.0124. The number of pyridine rings is 1. The van der Waals surface area contributed by atoms with Gasteiger partial charge in [0.15, 0.2) is 0 Å². The maximum atomic E-state index is 12.2. The third kappa shape index (κ3) is 3.36. The number of aromatic nitrogens is 2. The van der Waals surface area contributed by atoms with Gasteiger partial charge < -0.3 is 4.74 Å². The van der Waals surface area contributed by atoms with Crippen molar-refractivity contribution in [3.63, 3.8) is 0 Å². The second kappa shape index (κ2) is 7.01. The summed E-state index contributed by atoms with van der Waals surface area (Å²) >= 11 is 0. The van der Waals surface area contributed by atoms with Gasteiger partial charge in [0.25, 0.3) is 5.56 Å². The van der Waals surface area contributed by atoms with Gasteiger partial charge in [-0.05, 0) is 25.0 Å². The Morgan fingerprint density at radius 3 is 2.71 bits per heavy atom. The Balaban J connectivity index is 1.39. The van der Waals surface area contributed by atoms with E-state index in [1.165, 1.54) is 0 Å². The van der Waals surface area contributed by atoms with Crippen LogP contribution < -0.4 is 5.56 Å². The summed E-state index contributed by atoms with van der Waals surface area (Å²) < 4.78 is 7.05. The van der Waals surface area contributed by atoms with Crippen LogP contribution in [0.15, 0.2) is 35.3 Å². The van der Waals surface area contributed by atoms with Gasteiger partial charge in [-0.3, -0.25) is 19.0 Å². The summed E-state index contributed by atoms with van der Waals surface area (Å²) in [4.78, 5) is 21.8. The molecule has 0 bridgehead atoms. The highest BCUT2D eigenvalue weighted by atomic mass is 16.5. The largest absolute Gasteiger partial charge is 0.381 e. The van der Waals surface area contributed by atoms with Crippen molar-refractivity contribution in [1.82, 2.24) is 19.2 Å². The number of piperazine rings is 1. The van der Waals surface area contributed by atoms with Gasteiger partial charge in [-0.15, -0.1) is 0 Å². The molecule has 24 heavy (non-hydrogen) atoms. The minimum atomic E-state index is -0.00329. The molecule has 2 aliphatic heterocycles. The molecule has 0 N–H and O–H groups in total. The molecule has 0 spiro atoms. The highest BCUT2D eigenvalue weighted by Crippen LogP contribution is 2.17. The summed E-state index contributed by atoms with van der Waals surface area (Å²) in [5.74, 6) is 0. The van der Waals surface area contributed by atoms with Crippen LogP contribution in [0.2, 0.25) is 0 Å². The summed E-state index contributed by atoms with van der Waals surface area (Å²) in [6, 6.07) is 8.00. The summed E-state index contributed by atoms with van der Waals surface area (Å²) in [7, 11) is 0. The van der Waals surface area contributed by atoms with Gasteiger partial charge in [-0.1, -0.05) is 6.07 Å². The molecule has 2 aromatic heterocycles. The zero-order valence-corrected chi connectivity index (χ0v) is 13.9. The lowest BCUT2D eigenvalue weighted by Crippen LogP contribution is -2.51. The Morgan fingerprint density at radius 1 is 1.12 bits per heavy atom. The van der Waals surface area contributed by atoms with Crippen molar-refractivity contribution in [2.24, 2.45) is 0 Å². The maximum Gasteiger partial charge on any atom is 0.258 e. The van der Waals surface area contributed by atoms with Crippen molar-refractivity contribution < 1.29 is 4.74 Å². The van der Waals surface area contributed by atoms with Gasteiger partial charge >= 0.3 is 0 Å². The molecule has 2 aliphatic rings. The van der Waals surface area contributed by atoms with Crippen LogP contribution in [0.1, 0.15) is 18.5 Å². The Labute approximate surface area is 141 Å². The Hall–Kier alpha value is -1.76. The lowest BCUT2D eigenvalue weighted by atomic mass is 10.1. The first-order chi connectivity index (χ1) is 11.8. The Morgan fingerprint density at radius 2 is 1.92 bits per heavy atom. The van der Waals surface area contributed by atoms with Crippen LogP contribution in [-0.2, 0) is 11.3 Å². The topological polar surface area (TPSA) is 50.1 Å². The molecule has 0 saturated carbocycles. The molecule has 2 saturated heterocycles. The van der Waals surface area contributed by atoms with Crippen LogP contribution in [0.5, 0.6) is 0 Å². The van der Waals surface area contributed by atoms with Crippen LogP contribution in [0.4, 0.5) is 0 Å². The van der Waals surface area contributed by atoms with Gasteiger partial charge in [0.1, 0.15) is 5.65 Å². The molecule has 0 radical (unpaired) electrons. The van der Waals surface area contributed by atoms with Crippen molar-refractivity contribution >= 4 is 5.65 Å². The average Bonchev–Trinajstić information content (AvgIpc) is 2.63. The molecular weight excluding hydrogens is 304 g/mol. The van der Waals surface area contributed by atoms with Crippen molar-refractivity contribution in [2.45, 2.75) is 25.4 Å². The summed E-state index contributed by atoms with van der Waals surface area (Å²) in [6.07, 6.45) is 4.08. The van der Waals surface area contributed by atoms with Gasteiger partial charge in [-0.25, -0.2) is 4.98 Å². The molecule has 0 aromatic carbocycles. The zero-order valence-electron chi connectivity index (χ0n) is 13.9. The van der Waals surface area contributed by atoms with Gasteiger partial charge in [0.2, 0.25) is 0 Å². The summed E-state index contributed by atoms with van der Waals surface area (Å²) in [6.45, 7) is 6.81. The fourth-order valence-corrected chi connectivity index (χ4v) is 3.75. The average molecular weight is 328 g/mol. The number of nitrogens with zero attached hydrogens (tertiary/aromatic N) is 4. The normalized spacial score (nSPS) is 21.3. The molecule has 2 fully saturated rings. The van der Waals surface area contributed by atoms with E-state index in [1.54, 1.807) is 16.7 Å². The van der Waals surface area contributed by atoms with E-state index in [0.29, 0.717) is 6.04 Å². The van der Waals surface area contributed by atoms with E-state index in [-0.39, 0.29) is 5.56 Å². The highest BCUT2D eigenvalue weighted by molar-refractivity contribution is 5.37. The summed E-state index contributed by atoms with van der Waals surface area (Å²) in [5, 5.41) is 0. The molecular formula is C18H24N4O2. The molecule has 6 heteroatoms. The summed E-state index contributed by atoms with van der Waals surface area (Å²) in [5.41, 5.74) is 1.59. The first kappa shape index (κ1) is 15.7. The molecule has 0 amide bonds. The molecule has 2 aromatic rings. The van der Waals surface area contributed by atoms with Crippen molar-refractivity contribution in [1.29, 1.82) is 0 Å². The smallest absolute Gasteiger partial charge is 0.258 e. The minimum absolute atomic E-state index is 0.00329. The van der Waals surface area contributed by atoms with Crippen molar-refractivity contribution in [3.8, 4) is 0 Å². The lowest BCUT2D eigenvalue weighted by Gasteiger charge is -2.40. The molecule has 0 aliphatic carbocycles. The number of hydrogen-bond acceptors (Lipinski definition) is 5. The van der Waals surface area contributed by atoms with Gasteiger partial charge in [-0.2, -0.15) is 0 Å². The second-order valence-electron chi connectivity index (χ2n) is 6.67. The van der Waals surface area contributed by atoms with Crippen LogP contribution in [0.3, 0.4) is 0 Å². The van der Waals surface area contributed by atoms with Crippen LogP contribution in [0.25, 0.3) is 5.65 Å². The van der Waals surface area contributed by atoms with E-state index in [1.807, 2.05) is 18.2 Å². The van der Waals surface area contributed by atoms with E-state index in [2.05, 4.69) is 14.8 Å². The fourth-order valence-electron chi connectivity index (χ4n) is 3.75. The third-order valence-electron chi connectivity index (χ3n) is 5.12. The van der Waals surface area contributed by atoms with Gasteiger partial charge in [0.05, 0.1) is 5.69 Å². The van der Waals surface area contributed by atoms with Crippen molar-refractivity contribution in [3.05, 3.63) is 46.5 Å². The van der Waals surface area contributed by atoms with E-state index >= 15 is 0 Å². The van der Waals surface area contributed by atoms with Crippen LogP contribution in [-0.4, -0.2) is 64.6 Å². The van der Waals surface area contributed by atoms with E-state index in [9.17, 15) is 4.79 Å². The van der Waals surface area contributed by atoms with Crippen LogP contribution in [0, 0.1) is 0 Å². The Bertz CT molecular complexity index is 746. The molecule has 0 atom stereocenters. The number of ether oxygens (including phenoxy) is 1. The molecule has 6 nitrogen and oxygen atoms in total. The standard InChI is InChI=1S/C18H24N4O2/c23-18-13-15(19-17-3-1-2-6-22(17)18)14-20-7-9-21(10-8-20)16-4-11-24-12-5-16/h1-3,6,13,16H,4-5,7-12,14H2. The second-order valence-corrected chi connectivity index (χ2v) is 6.67. The van der Waals surface area contributed by atoms with E-state index in [0.717, 1.165) is 70.1 Å². The van der Waals surface area contributed by atoms with Crippen LogP contribution >= 0.6 is 0 Å². The maximum absolute atomic E-state index is 12.2. The number of fused-ring (bicyclic) bond motifs is 1. The molecule has 0 unspecified atom stereocenters. The zero-order chi connectivity index (χ0) is 16.4. The monoisotopic (exact) mass is 328 g/mol. The quantitative estimate of drug-likeness (QED) is 0.841. The molecule has 128 valence electrons. The number of hydrogen-bond donors (Lipinski definition) is 0. The third-order valence-corrected chi connectivity index (χ3v) is 5.12. The predicted molar refractivity (Wildman–Crippen MR) is 92.2 cm³/mol. The first-order valence-electron chi connectivity index (χ1n) is 8.81. The first-order valence-corrected chi connectivity index (χ1v) is 8.81. The highest BCUT2D eigenvalue weighted by Gasteiger charge is 2.25. The predicted octanol–water partition coefficient (Wildman–Crippen LogP) is 0.991. The fraction of sp³-hybridized carbons (Fsp3) is 0.556. The molecule has 4 heterocycles. The van der Waals surface area contributed by atoms with Crippen molar-refractivity contribution in [2.75, 3.05) is 39.4 Å². The van der Waals surface area contributed by atoms with E-state index in [4.69, 9.17) is 4.74 Å². The van der Waals surface area contributed by atoms with E-state index < -0.39 is 0 Å². The SMILES string of the molecule is O=c1cc(CN2CCN(C3CCOCC3)CC2)nc2ccccn12. The minimum Gasteiger partial charge on any atom is -0.381 e. The van der Waals surface area contributed by atoms with Gasteiger partial charge in [0, 0.05) is 64.2 Å². The molecule has 4 rings (SSSR count). The number of rotatable bonds is 3. The Kier molecular flexibility index (Phi) is 4.60.